The lowest BCUT2D eigenvalue weighted by molar-refractivity contribution is -0.384. The van der Waals surface area contributed by atoms with Gasteiger partial charge in [-0.2, -0.15) is 0 Å². The number of unbranched alkanes of at least 4 members (excludes halogenated alkanes) is 1. The largest absolute Gasteiger partial charge is 0.368 e. The van der Waals surface area contributed by atoms with Gasteiger partial charge in [0.2, 0.25) is 11.8 Å². The number of hydrogen-bond donors (Lipinski definition) is 4. The summed E-state index contributed by atoms with van der Waals surface area (Å²) >= 11 is 6.06. The zero-order chi connectivity index (χ0) is 24.4. The SMILES string of the molecule is NCCCC[C@H](NC(=O)[C@H](Cc1ccccc1)NC(=O)c1cc([N+](=O)[O-])ccc1Cl)C(N)=O. The van der Waals surface area contributed by atoms with Crippen LogP contribution in [0.15, 0.2) is 48.5 Å². The van der Waals surface area contributed by atoms with Gasteiger partial charge in [0.1, 0.15) is 12.1 Å². The summed E-state index contributed by atoms with van der Waals surface area (Å²) in [7, 11) is 0. The van der Waals surface area contributed by atoms with Crippen molar-refractivity contribution in [2.24, 2.45) is 11.5 Å². The number of carbonyl (C=O) groups is 3. The van der Waals surface area contributed by atoms with E-state index in [1.54, 1.807) is 30.3 Å². The van der Waals surface area contributed by atoms with Gasteiger partial charge in [0.25, 0.3) is 11.6 Å². The number of hydrogen-bond acceptors (Lipinski definition) is 6. The normalized spacial score (nSPS) is 12.4. The van der Waals surface area contributed by atoms with Crippen molar-refractivity contribution in [3.8, 4) is 0 Å². The van der Waals surface area contributed by atoms with Crippen LogP contribution in [0.3, 0.4) is 0 Å². The third-order valence-corrected chi connectivity index (χ3v) is 5.25. The van der Waals surface area contributed by atoms with Crippen LogP contribution < -0.4 is 22.1 Å². The van der Waals surface area contributed by atoms with Gasteiger partial charge in [0, 0.05) is 18.6 Å². The molecule has 0 saturated heterocycles. The zero-order valence-corrected chi connectivity index (χ0v) is 18.6. The number of primary amides is 1. The third kappa shape index (κ3) is 7.85. The number of nitro benzene ring substituents is 1. The van der Waals surface area contributed by atoms with E-state index in [2.05, 4.69) is 10.6 Å². The number of non-ortho nitro benzene ring substituents is 1. The molecule has 0 aromatic heterocycles. The fourth-order valence-corrected chi connectivity index (χ4v) is 3.35. The van der Waals surface area contributed by atoms with E-state index in [-0.39, 0.29) is 22.7 Å². The second-order valence-electron chi connectivity index (χ2n) is 7.39. The minimum absolute atomic E-state index is 0.00577. The highest BCUT2D eigenvalue weighted by molar-refractivity contribution is 6.34. The first-order valence-corrected chi connectivity index (χ1v) is 10.7. The molecule has 2 atom stereocenters. The van der Waals surface area contributed by atoms with Crippen LogP contribution in [0.1, 0.15) is 35.2 Å². The van der Waals surface area contributed by atoms with E-state index in [0.29, 0.717) is 25.8 Å². The number of benzene rings is 2. The average Bonchev–Trinajstić information content (AvgIpc) is 2.78. The zero-order valence-electron chi connectivity index (χ0n) is 17.8. The molecule has 0 fully saturated rings. The van der Waals surface area contributed by atoms with Crippen LogP contribution in [0.2, 0.25) is 5.02 Å². The molecule has 10 nitrogen and oxygen atoms in total. The van der Waals surface area contributed by atoms with E-state index < -0.39 is 34.7 Å². The predicted octanol–water partition coefficient (Wildman–Crippen LogP) is 1.69. The quantitative estimate of drug-likeness (QED) is 0.206. The number of amides is 3. The Morgan fingerprint density at radius 3 is 2.33 bits per heavy atom. The number of carbonyl (C=O) groups excluding carboxylic acids is 3. The topological polar surface area (TPSA) is 170 Å². The van der Waals surface area contributed by atoms with E-state index in [1.807, 2.05) is 0 Å². The van der Waals surface area contributed by atoms with Gasteiger partial charge in [0.05, 0.1) is 15.5 Å². The highest BCUT2D eigenvalue weighted by atomic mass is 35.5. The molecule has 0 unspecified atom stereocenters. The third-order valence-electron chi connectivity index (χ3n) is 4.92. The van der Waals surface area contributed by atoms with E-state index in [0.717, 1.165) is 11.6 Å². The summed E-state index contributed by atoms with van der Waals surface area (Å²) in [6, 6.07) is 10.3. The average molecular weight is 476 g/mol. The Labute approximate surface area is 195 Å². The molecule has 0 spiro atoms. The second-order valence-corrected chi connectivity index (χ2v) is 7.79. The molecule has 33 heavy (non-hydrogen) atoms. The summed E-state index contributed by atoms with van der Waals surface area (Å²) in [5.41, 5.74) is 11.2. The highest BCUT2D eigenvalue weighted by Gasteiger charge is 2.27. The maximum absolute atomic E-state index is 13.0. The van der Waals surface area contributed by atoms with Crippen LogP contribution in [0.4, 0.5) is 5.69 Å². The number of rotatable bonds is 12. The molecule has 0 heterocycles. The molecular weight excluding hydrogens is 450 g/mol. The summed E-state index contributed by atoms with van der Waals surface area (Å²) in [5.74, 6) is -2.09. The Balaban J connectivity index is 2.25. The summed E-state index contributed by atoms with van der Waals surface area (Å²) in [6.07, 6.45) is 1.67. The van der Waals surface area contributed by atoms with Crippen molar-refractivity contribution in [3.05, 3.63) is 74.8 Å². The van der Waals surface area contributed by atoms with Crippen molar-refractivity contribution in [2.45, 2.75) is 37.8 Å². The van der Waals surface area contributed by atoms with Gasteiger partial charge in [0.15, 0.2) is 0 Å². The Morgan fingerprint density at radius 2 is 1.73 bits per heavy atom. The van der Waals surface area contributed by atoms with Gasteiger partial charge >= 0.3 is 0 Å². The highest BCUT2D eigenvalue weighted by Crippen LogP contribution is 2.22. The minimum atomic E-state index is -1.09. The van der Waals surface area contributed by atoms with Gasteiger partial charge in [-0.3, -0.25) is 24.5 Å². The number of halogens is 1. The van der Waals surface area contributed by atoms with Crippen molar-refractivity contribution >= 4 is 35.0 Å². The first-order chi connectivity index (χ1) is 15.7. The molecule has 2 rings (SSSR count). The maximum atomic E-state index is 13.0. The smallest absolute Gasteiger partial charge is 0.270 e. The Hall–Kier alpha value is -3.50. The van der Waals surface area contributed by atoms with Crippen molar-refractivity contribution < 1.29 is 19.3 Å². The van der Waals surface area contributed by atoms with Crippen molar-refractivity contribution in [2.75, 3.05) is 6.54 Å². The Kier molecular flexibility index (Phi) is 9.77. The van der Waals surface area contributed by atoms with Crippen LogP contribution in [-0.4, -0.2) is 41.3 Å². The van der Waals surface area contributed by atoms with Crippen LogP contribution in [0, 0.1) is 10.1 Å². The molecule has 3 amide bonds. The van der Waals surface area contributed by atoms with Gasteiger partial charge in [-0.25, -0.2) is 0 Å². The molecule has 0 radical (unpaired) electrons. The summed E-state index contributed by atoms with van der Waals surface area (Å²) in [4.78, 5) is 48.1. The first-order valence-electron chi connectivity index (χ1n) is 10.3. The molecule has 0 aliphatic rings. The lowest BCUT2D eigenvalue weighted by atomic mass is 10.0. The standard InChI is InChI=1S/C22H26ClN5O5/c23-17-10-9-15(28(32)33)13-16(17)21(30)27-19(12-14-6-2-1-3-7-14)22(31)26-18(20(25)29)8-4-5-11-24/h1-3,6-7,9-10,13,18-19H,4-5,8,11-12,24H2,(H2,25,29)(H,26,31)(H,27,30)/t18-,19-/m0/s1. The van der Waals surface area contributed by atoms with Gasteiger partial charge in [-0.1, -0.05) is 41.9 Å². The van der Waals surface area contributed by atoms with Crippen LogP contribution in [-0.2, 0) is 16.0 Å². The van der Waals surface area contributed by atoms with Crippen LogP contribution in [0.5, 0.6) is 0 Å². The van der Waals surface area contributed by atoms with E-state index in [9.17, 15) is 24.5 Å². The molecule has 2 aromatic rings. The molecule has 0 aliphatic carbocycles. The lowest BCUT2D eigenvalue weighted by Crippen LogP contribution is -2.53. The van der Waals surface area contributed by atoms with E-state index >= 15 is 0 Å². The Morgan fingerprint density at radius 1 is 1.03 bits per heavy atom. The van der Waals surface area contributed by atoms with E-state index in [1.165, 1.54) is 12.1 Å². The van der Waals surface area contributed by atoms with Crippen LogP contribution >= 0.6 is 11.6 Å². The molecule has 6 N–H and O–H groups in total. The molecule has 176 valence electrons. The molecular formula is C22H26ClN5O5. The molecule has 2 aromatic carbocycles. The fourth-order valence-electron chi connectivity index (χ4n) is 3.15. The molecule has 0 bridgehead atoms. The van der Waals surface area contributed by atoms with Crippen molar-refractivity contribution in [1.82, 2.24) is 10.6 Å². The monoisotopic (exact) mass is 475 g/mol. The van der Waals surface area contributed by atoms with E-state index in [4.69, 9.17) is 23.1 Å². The van der Waals surface area contributed by atoms with Crippen molar-refractivity contribution in [3.63, 3.8) is 0 Å². The van der Waals surface area contributed by atoms with Crippen molar-refractivity contribution in [1.29, 1.82) is 0 Å². The molecule has 11 heteroatoms. The number of nitrogens with two attached hydrogens (primary N) is 2. The number of nitrogens with one attached hydrogen (secondary N) is 2. The number of nitro groups is 1. The summed E-state index contributed by atoms with van der Waals surface area (Å²) in [6.45, 7) is 0.441. The molecule has 0 saturated carbocycles. The fraction of sp³-hybridized carbons (Fsp3) is 0.318. The first kappa shape index (κ1) is 25.8. The summed E-state index contributed by atoms with van der Waals surface area (Å²) < 4.78 is 0. The van der Waals surface area contributed by atoms with Gasteiger partial charge in [-0.15, -0.1) is 0 Å². The minimum Gasteiger partial charge on any atom is -0.368 e. The summed E-state index contributed by atoms with van der Waals surface area (Å²) in [5, 5.41) is 16.2. The molecule has 0 aliphatic heterocycles. The maximum Gasteiger partial charge on any atom is 0.270 e. The Bertz CT molecular complexity index is 1000. The van der Waals surface area contributed by atoms with Gasteiger partial charge in [-0.05, 0) is 37.4 Å². The van der Waals surface area contributed by atoms with Crippen LogP contribution in [0.25, 0.3) is 0 Å². The van der Waals surface area contributed by atoms with Gasteiger partial charge < -0.3 is 22.1 Å². The number of nitrogens with zero attached hydrogens (tertiary/aromatic N) is 1. The predicted molar refractivity (Wildman–Crippen MR) is 124 cm³/mol. The second kappa shape index (κ2) is 12.5. The lowest BCUT2D eigenvalue weighted by Gasteiger charge is -2.22.